The van der Waals surface area contributed by atoms with Crippen molar-refractivity contribution in [1.82, 2.24) is 0 Å². The van der Waals surface area contributed by atoms with E-state index in [4.69, 9.17) is 32.7 Å². The number of nitrogens with zero attached hydrogens (tertiary/aromatic N) is 1. The zero-order chi connectivity index (χ0) is 22.7. The highest BCUT2D eigenvalue weighted by Crippen LogP contribution is 2.31. The molecule has 1 unspecified atom stereocenters. The third-order valence-corrected chi connectivity index (χ3v) is 5.73. The van der Waals surface area contributed by atoms with Crippen LogP contribution in [0.4, 0.5) is 8.78 Å². The van der Waals surface area contributed by atoms with Gasteiger partial charge in [-0.3, -0.25) is 0 Å². The molecule has 0 fully saturated rings. The lowest BCUT2D eigenvalue weighted by Gasteiger charge is -2.14. The van der Waals surface area contributed by atoms with Crippen molar-refractivity contribution in [3.8, 4) is 5.75 Å². The zero-order valence-electron chi connectivity index (χ0n) is 17.4. The second kappa shape index (κ2) is 9.88. The first-order valence-electron chi connectivity index (χ1n) is 10.2. The first kappa shape index (κ1) is 22.6. The molecule has 0 spiro atoms. The van der Waals surface area contributed by atoms with Gasteiger partial charge < -0.3 is 9.47 Å². The van der Waals surface area contributed by atoms with E-state index in [1.807, 2.05) is 43.3 Å². The number of hydrogen-bond donors (Lipinski definition) is 0. The van der Waals surface area contributed by atoms with E-state index in [2.05, 4.69) is 4.99 Å². The Morgan fingerprint density at radius 3 is 2.44 bits per heavy atom. The summed E-state index contributed by atoms with van der Waals surface area (Å²) in [6.07, 6.45) is 1.27. The van der Waals surface area contributed by atoms with Gasteiger partial charge in [0, 0.05) is 11.4 Å². The van der Waals surface area contributed by atoms with E-state index in [-0.39, 0.29) is 24.1 Å². The molecule has 1 atom stereocenters. The third kappa shape index (κ3) is 5.22. The predicted octanol–water partition coefficient (Wildman–Crippen LogP) is 6.79. The number of halogens is 4. The lowest BCUT2D eigenvalue weighted by atomic mass is 10.0. The van der Waals surface area contributed by atoms with E-state index in [0.29, 0.717) is 28.8 Å². The number of aliphatic imine (C=N–C) groups is 1. The molecule has 7 heteroatoms. The van der Waals surface area contributed by atoms with Gasteiger partial charge in [-0.25, -0.2) is 13.8 Å². The van der Waals surface area contributed by atoms with Crippen molar-refractivity contribution in [1.29, 1.82) is 0 Å². The molecule has 3 nitrogen and oxygen atoms in total. The summed E-state index contributed by atoms with van der Waals surface area (Å²) in [5.74, 6) is -0.773. The summed E-state index contributed by atoms with van der Waals surface area (Å²) in [6, 6.07) is 15.1. The van der Waals surface area contributed by atoms with Crippen LogP contribution >= 0.6 is 23.2 Å². The van der Waals surface area contributed by atoms with E-state index >= 15 is 0 Å². The van der Waals surface area contributed by atoms with Gasteiger partial charge in [0.05, 0.1) is 17.7 Å². The normalized spacial score (nSPS) is 15.4. The van der Waals surface area contributed by atoms with E-state index < -0.39 is 11.6 Å². The summed E-state index contributed by atoms with van der Waals surface area (Å²) in [5.41, 5.74) is 2.92. The van der Waals surface area contributed by atoms with Gasteiger partial charge in [-0.1, -0.05) is 47.5 Å². The molecule has 3 aromatic carbocycles. The number of rotatable bonds is 7. The van der Waals surface area contributed by atoms with Gasteiger partial charge in [0.25, 0.3) is 0 Å². The molecule has 4 rings (SSSR count). The van der Waals surface area contributed by atoms with Crippen LogP contribution in [-0.2, 0) is 11.2 Å². The predicted molar refractivity (Wildman–Crippen MR) is 123 cm³/mol. The molecule has 0 aliphatic carbocycles. The standard InChI is InChI=1S/C25H21Cl2F2NO2/c1-15-11-17(12-16-5-7-18(26)8-6-16)13-20(27)24(15)31-10-9-19-14-32-25(30-19)23-21(28)3-2-4-22(23)29/h2-8,11,13,19H,9-10,12,14H2,1H3. The van der Waals surface area contributed by atoms with E-state index in [1.54, 1.807) is 0 Å². The zero-order valence-corrected chi connectivity index (χ0v) is 18.9. The second-order valence-electron chi connectivity index (χ2n) is 7.66. The Kier molecular flexibility index (Phi) is 6.97. The summed E-state index contributed by atoms with van der Waals surface area (Å²) in [4.78, 5) is 4.32. The fourth-order valence-electron chi connectivity index (χ4n) is 3.62. The second-order valence-corrected chi connectivity index (χ2v) is 8.50. The minimum atomic E-state index is -0.693. The van der Waals surface area contributed by atoms with Crippen LogP contribution in [0.1, 0.15) is 28.7 Å². The van der Waals surface area contributed by atoms with Crippen molar-refractivity contribution >= 4 is 29.1 Å². The van der Waals surface area contributed by atoms with Crippen molar-refractivity contribution in [3.63, 3.8) is 0 Å². The van der Waals surface area contributed by atoms with Gasteiger partial charge >= 0.3 is 0 Å². The molecule has 0 saturated heterocycles. The number of ether oxygens (including phenoxy) is 2. The Balaban J connectivity index is 1.37. The van der Waals surface area contributed by atoms with Crippen LogP contribution in [-0.4, -0.2) is 25.2 Å². The minimum absolute atomic E-state index is 0.00800. The molecule has 3 aromatic rings. The van der Waals surface area contributed by atoms with E-state index in [0.717, 1.165) is 23.1 Å². The topological polar surface area (TPSA) is 30.8 Å². The van der Waals surface area contributed by atoms with Crippen LogP contribution in [0, 0.1) is 18.6 Å². The summed E-state index contributed by atoms with van der Waals surface area (Å²) >= 11 is 12.4. The highest BCUT2D eigenvalue weighted by molar-refractivity contribution is 6.32. The summed E-state index contributed by atoms with van der Waals surface area (Å²) in [6.45, 7) is 2.54. The molecule has 0 radical (unpaired) electrons. The van der Waals surface area contributed by atoms with Crippen LogP contribution in [0.25, 0.3) is 0 Å². The molecule has 166 valence electrons. The molecule has 0 amide bonds. The maximum Gasteiger partial charge on any atom is 0.222 e. The maximum absolute atomic E-state index is 13.9. The molecule has 1 aliphatic rings. The smallest absolute Gasteiger partial charge is 0.222 e. The summed E-state index contributed by atoms with van der Waals surface area (Å²) in [7, 11) is 0. The molecule has 1 aliphatic heterocycles. The minimum Gasteiger partial charge on any atom is -0.492 e. The molecular weight excluding hydrogens is 455 g/mol. The average molecular weight is 476 g/mol. The fourth-order valence-corrected chi connectivity index (χ4v) is 4.09. The van der Waals surface area contributed by atoms with Crippen LogP contribution in [0.5, 0.6) is 5.75 Å². The molecule has 0 bridgehead atoms. The van der Waals surface area contributed by atoms with Crippen molar-refractivity contribution in [3.05, 3.63) is 98.5 Å². The number of benzene rings is 3. The van der Waals surface area contributed by atoms with Gasteiger partial charge in [-0.15, -0.1) is 0 Å². The Labute approximate surface area is 195 Å². The van der Waals surface area contributed by atoms with Gasteiger partial charge in [0.15, 0.2) is 0 Å². The van der Waals surface area contributed by atoms with Crippen molar-refractivity contribution in [2.75, 3.05) is 13.2 Å². The van der Waals surface area contributed by atoms with Crippen LogP contribution in [0.2, 0.25) is 10.0 Å². The van der Waals surface area contributed by atoms with E-state index in [9.17, 15) is 8.78 Å². The van der Waals surface area contributed by atoms with Crippen molar-refractivity contribution < 1.29 is 18.3 Å². The van der Waals surface area contributed by atoms with Crippen LogP contribution in [0.3, 0.4) is 0 Å². The van der Waals surface area contributed by atoms with Crippen LogP contribution < -0.4 is 4.74 Å². The number of aryl methyl sites for hydroxylation is 1. The quantitative estimate of drug-likeness (QED) is 0.376. The Hall–Kier alpha value is -2.63. The first-order chi connectivity index (χ1) is 15.4. The van der Waals surface area contributed by atoms with Crippen molar-refractivity contribution in [2.24, 2.45) is 4.99 Å². The Morgan fingerprint density at radius 2 is 1.75 bits per heavy atom. The highest BCUT2D eigenvalue weighted by atomic mass is 35.5. The van der Waals surface area contributed by atoms with Gasteiger partial charge in [-0.05, 0) is 60.4 Å². The summed E-state index contributed by atoms with van der Waals surface area (Å²) in [5, 5.41) is 1.24. The molecule has 32 heavy (non-hydrogen) atoms. The third-order valence-electron chi connectivity index (χ3n) is 5.20. The lowest BCUT2D eigenvalue weighted by molar-refractivity contribution is 0.263. The van der Waals surface area contributed by atoms with Crippen molar-refractivity contribution in [2.45, 2.75) is 25.8 Å². The molecule has 0 N–H and O–H groups in total. The SMILES string of the molecule is Cc1cc(Cc2ccc(Cl)cc2)cc(Cl)c1OCCC1COC(c2c(F)cccc2F)=N1. The monoisotopic (exact) mass is 475 g/mol. The Bertz CT molecular complexity index is 1110. The lowest BCUT2D eigenvalue weighted by Crippen LogP contribution is -2.12. The van der Waals surface area contributed by atoms with Crippen LogP contribution in [0.15, 0.2) is 59.6 Å². The van der Waals surface area contributed by atoms with Gasteiger partial charge in [-0.2, -0.15) is 0 Å². The van der Waals surface area contributed by atoms with Gasteiger partial charge in [0.1, 0.15) is 29.6 Å². The molecular formula is C25H21Cl2F2NO2. The summed E-state index contributed by atoms with van der Waals surface area (Å²) < 4.78 is 39.2. The Morgan fingerprint density at radius 1 is 1.03 bits per heavy atom. The average Bonchev–Trinajstić information content (AvgIpc) is 3.20. The van der Waals surface area contributed by atoms with E-state index in [1.165, 1.54) is 18.2 Å². The number of hydrogen-bond acceptors (Lipinski definition) is 3. The van der Waals surface area contributed by atoms with Gasteiger partial charge in [0.2, 0.25) is 5.90 Å². The fraction of sp³-hybridized carbons (Fsp3) is 0.240. The molecule has 0 aromatic heterocycles. The molecule has 1 heterocycles. The highest BCUT2D eigenvalue weighted by Gasteiger charge is 2.25. The first-order valence-corrected chi connectivity index (χ1v) is 11.0. The molecule has 0 saturated carbocycles. The maximum atomic E-state index is 13.9. The largest absolute Gasteiger partial charge is 0.492 e.